The Morgan fingerprint density at radius 3 is 2.84 bits per heavy atom. The molecule has 2 nitrogen and oxygen atoms in total. The summed E-state index contributed by atoms with van der Waals surface area (Å²) in [4.78, 5) is 2.55. The zero-order chi connectivity index (χ0) is 13.8. The van der Waals surface area contributed by atoms with E-state index in [-0.39, 0.29) is 0 Å². The van der Waals surface area contributed by atoms with E-state index >= 15 is 0 Å². The molecule has 1 fully saturated rings. The maximum Gasteiger partial charge on any atom is 0.0417 e. The molecule has 0 aliphatic heterocycles. The first-order valence-corrected chi connectivity index (χ1v) is 8.20. The van der Waals surface area contributed by atoms with Crippen LogP contribution in [0.5, 0.6) is 0 Å². The van der Waals surface area contributed by atoms with Crippen LogP contribution in [0.4, 0.5) is 0 Å². The summed E-state index contributed by atoms with van der Waals surface area (Å²) in [6, 6.07) is 6.68. The molecule has 0 radical (unpaired) electrons. The smallest absolute Gasteiger partial charge is 0.0417 e. The van der Waals surface area contributed by atoms with Gasteiger partial charge in [-0.2, -0.15) is 0 Å². The second-order valence-corrected chi connectivity index (χ2v) is 6.58. The van der Waals surface area contributed by atoms with Crippen molar-refractivity contribution in [2.45, 2.75) is 38.8 Å². The van der Waals surface area contributed by atoms with Crippen molar-refractivity contribution in [3.63, 3.8) is 0 Å². The average molecular weight is 346 g/mol. The number of rotatable bonds is 5. The van der Waals surface area contributed by atoms with E-state index in [2.05, 4.69) is 33.8 Å². The van der Waals surface area contributed by atoms with Crippen molar-refractivity contribution in [2.24, 2.45) is 11.7 Å². The van der Waals surface area contributed by atoms with Gasteiger partial charge in [0.2, 0.25) is 0 Å². The van der Waals surface area contributed by atoms with Crippen molar-refractivity contribution in [1.82, 2.24) is 4.90 Å². The van der Waals surface area contributed by atoms with E-state index in [4.69, 9.17) is 17.3 Å². The summed E-state index contributed by atoms with van der Waals surface area (Å²) in [5.41, 5.74) is 7.21. The van der Waals surface area contributed by atoms with E-state index in [9.17, 15) is 0 Å². The molecule has 4 heteroatoms. The van der Waals surface area contributed by atoms with Crippen molar-refractivity contribution in [2.75, 3.05) is 13.1 Å². The van der Waals surface area contributed by atoms with Gasteiger partial charge >= 0.3 is 0 Å². The van der Waals surface area contributed by atoms with Crippen LogP contribution in [-0.2, 0) is 6.54 Å². The van der Waals surface area contributed by atoms with E-state index in [1.807, 2.05) is 12.1 Å². The normalized spacial score (nSPS) is 23.2. The first-order chi connectivity index (χ1) is 9.15. The zero-order valence-electron chi connectivity index (χ0n) is 11.4. The van der Waals surface area contributed by atoms with Crippen molar-refractivity contribution in [3.05, 3.63) is 33.3 Å². The molecule has 106 valence electrons. The van der Waals surface area contributed by atoms with E-state index in [1.54, 1.807) is 0 Å². The predicted octanol–water partition coefficient (Wildman–Crippen LogP) is 4.05. The maximum atomic E-state index is 6.00. The van der Waals surface area contributed by atoms with Gasteiger partial charge in [-0.3, -0.25) is 4.90 Å². The van der Waals surface area contributed by atoms with E-state index < -0.39 is 0 Å². The van der Waals surface area contributed by atoms with Crippen molar-refractivity contribution in [3.8, 4) is 0 Å². The summed E-state index contributed by atoms with van der Waals surface area (Å²) >= 11 is 9.61. The quantitative estimate of drug-likeness (QED) is 0.872. The summed E-state index contributed by atoms with van der Waals surface area (Å²) in [5, 5.41) is 0.777. The molecule has 2 rings (SSSR count). The van der Waals surface area contributed by atoms with Gasteiger partial charge in [-0.05, 0) is 49.5 Å². The minimum atomic E-state index is 0.637. The van der Waals surface area contributed by atoms with E-state index in [0.29, 0.717) is 12.0 Å². The minimum Gasteiger partial charge on any atom is -0.330 e. The molecule has 1 aromatic carbocycles. The highest BCUT2D eigenvalue weighted by molar-refractivity contribution is 9.10. The minimum absolute atomic E-state index is 0.637. The second-order valence-electron chi connectivity index (χ2n) is 5.29. The number of nitrogens with two attached hydrogens (primary N) is 1. The molecule has 0 aromatic heterocycles. The number of hydrogen-bond donors (Lipinski definition) is 1. The van der Waals surface area contributed by atoms with Crippen LogP contribution in [0, 0.1) is 5.92 Å². The fourth-order valence-electron chi connectivity index (χ4n) is 3.11. The van der Waals surface area contributed by atoms with Gasteiger partial charge in [-0.1, -0.05) is 46.9 Å². The molecule has 1 aromatic rings. The lowest BCUT2D eigenvalue weighted by Crippen LogP contribution is -2.39. The first kappa shape index (κ1) is 15.3. The van der Waals surface area contributed by atoms with E-state index in [0.717, 1.165) is 29.1 Å². The lowest BCUT2D eigenvalue weighted by Gasteiger charge is -2.32. The SMILES string of the molecule is CCN(Cc1ccc(Cl)cc1Br)C1CCCC1CN. The van der Waals surface area contributed by atoms with Crippen LogP contribution in [0.2, 0.25) is 5.02 Å². The van der Waals surface area contributed by atoms with Gasteiger partial charge in [-0.25, -0.2) is 0 Å². The second kappa shape index (κ2) is 7.07. The fourth-order valence-corrected chi connectivity index (χ4v) is 3.91. The molecule has 1 aliphatic rings. The van der Waals surface area contributed by atoms with Crippen molar-refractivity contribution in [1.29, 1.82) is 0 Å². The molecule has 2 atom stereocenters. The van der Waals surface area contributed by atoms with Gasteiger partial charge in [0, 0.05) is 22.1 Å². The van der Waals surface area contributed by atoms with Gasteiger partial charge < -0.3 is 5.73 Å². The molecule has 1 aliphatic carbocycles. The topological polar surface area (TPSA) is 29.3 Å². The highest BCUT2D eigenvalue weighted by atomic mass is 79.9. The predicted molar refractivity (Wildman–Crippen MR) is 85.4 cm³/mol. The highest BCUT2D eigenvalue weighted by Gasteiger charge is 2.30. The highest BCUT2D eigenvalue weighted by Crippen LogP contribution is 2.31. The Balaban J connectivity index is 2.10. The van der Waals surface area contributed by atoms with Gasteiger partial charge in [-0.15, -0.1) is 0 Å². The van der Waals surface area contributed by atoms with Crippen molar-refractivity contribution >= 4 is 27.5 Å². The molecule has 0 bridgehead atoms. The van der Waals surface area contributed by atoms with Crippen LogP contribution in [0.1, 0.15) is 31.7 Å². The largest absolute Gasteiger partial charge is 0.330 e. The molecule has 0 amide bonds. The molecule has 0 saturated heterocycles. The Kier molecular flexibility index (Phi) is 5.70. The molecule has 1 saturated carbocycles. The van der Waals surface area contributed by atoms with Crippen LogP contribution in [-0.4, -0.2) is 24.0 Å². The average Bonchev–Trinajstić information content (AvgIpc) is 2.86. The Hall–Kier alpha value is -0.0900. The van der Waals surface area contributed by atoms with Gasteiger partial charge in [0.05, 0.1) is 0 Å². The fraction of sp³-hybridized carbons (Fsp3) is 0.600. The molecule has 0 heterocycles. The summed E-state index contributed by atoms with van der Waals surface area (Å²) < 4.78 is 1.10. The summed E-state index contributed by atoms with van der Waals surface area (Å²) in [6.07, 6.45) is 3.87. The Morgan fingerprint density at radius 1 is 1.42 bits per heavy atom. The van der Waals surface area contributed by atoms with Gasteiger partial charge in [0.15, 0.2) is 0 Å². The van der Waals surface area contributed by atoms with Crippen LogP contribution < -0.4 is 5.73 Å². The number of nitrogens with zero attached hydrogens (tertiary/aromatic N) is 1. The van der Waals surface area contributed by atoms with E-state index in [1.165, 1.54) is 24.8 Å². The van der Waals surface area contributed by atoms with Gasteiger partial charge in [0.25, 0.3) is 0 Å². The third kappa shape index (κ3) is 3.72. The van der Waals surface area contributed by atoms with Crippen LogP contribution >= 0.6 is 27.5 Å². The third-order valence-electron chi connectivity index (χ3n) is 4.19. The Morgan fingerprint density at radius 2 is 2.21 bits per heavy atom. The molecular weight excluding hydrogens is 324 g/mol. The lowest BCUT2D eigenvalue weighted by molar-refractivity contribution is 0.162. The zero-order valence-corrected chi connectivity index (χ0v) is 13.8. The molecule has 2 N–H and O–H groups in total. The van der Waals surface area contributed by atoms with Crippen LogP contribution in [0.15, 0.2) is 22.7 Å². The molecule has 2 unspecified atom stereocenters. The summed E-state index contributed by atoms with van der Waals surface area (Å²) in [5.74, 6) is 0.658. The standard InChI is InChI=1S/C15H22BrClN2/c1-2-19(15-5-3-4-11(15)9-18)10-12-6-7-13(17)8-14(12)16/h6-8,11,15H,2-5,9-10,18H2,1H3. The maximum absolute atomic E-state index is 6.00. The lowest BCUT2D eigenvalue weighted by atomic mass is 10.0. The monoisotopic (exact) mass is 344 g/mol. The Bertz CT molecular complexity index is 425. The number of benzene rings is 1. The molecular formula is C15H22BrClN2. The first-order valence-electron chi connectivity index (χ1n) is 7.03. The number of hydrogen-bond acceptors (Lipinski definition) is 2. The molecule has 0 spiro atoms. The summed E-state index contributed by atoms with van der Waals surface area (Å²) in [7, 11) is 0. The molecule has 19 heavy (non-hydrogen) atoms. The summed E-state index contributed by atoms with van der Waals surface area (Å²) in [6.45, 7) is 5.07. The Labute approximate surface area is 129 Å². The number of halogens is 2. The van der Waals surface area contributed by atoms with Crippen LogP contribution in [0.3, 0.4) is 0 Å². The van der Waals surface area contributed by atoms with Crippen LogP contribution in [0.25, 0.3) is 0 Å². The third-order valence-corrected chi connectivity index (χ3v) is 5.16. The van der Waals surface area contributed by atoms with Crippen molar-refractivity contribution < 1.29 is 0 Å². The van der Waals surface area contributed by atoms with Gasteiger partial charge in [0.1, 0.15) is 0 Å².